The molecule has 2 heterocycles. The van der Waals surface area contributed by atoms with Gasteiger partial charge in [-0.2, -0.15) is 0 Å². The molecule has 2 aromatic heterocycles. The summed E-state index contributed by atoms with van der Waals surface area (Å²) in [5.74, 6) is -0.781. The number of pyridine rings is 1. The van der Waals surface area contributed by atoms with Gasteiger partial charge in [-0.05, 0) is 30.0 Å². The minimum atomic E-state index is -0.781. The van der Waals surface area contributed by atoms with Gasteiger partial charge < -0.3 is 10.4 Å². The van der Waals surface area contributed by atoms with Crippen molar-refractivity contribution < 1.29 is 9.90 Å². The molecule has 0 bridgehead atoms. The minimum absolute atomic E-state index is 0.119. The number of carboxylic acids is 1. The highest BCUT2D eigenvalue weighted by atomic mass is 32.1. The zero-order valence-electron chi connectivity index (χ0n) is 9.51. The Balaban J connectivity index is 2.02. The topological polar surface area (TPSA) is 62.2 Å². The molecule has 2 aromatic rings. The summed E-state index contributed by atoms with van der Waals surface area (Å²) in [6.45, 7) is 2.48. The molecule has 1 unspecified atom stereocenters. The summed E-state index contributed by atoms with van der Waals surface area (Å²) < 4.78 is 1.16. The number of fused-ring (bicyclic) bond motifs is 1. The Morgan fingerprint density at radius 3 is 3.24 bits per heavy atom. The second kappa shape index (κ2) is 5.25. The molecule has 0 amide bonds. The quantitative estimate of drug-likeness (QED) is 0.855. The average Bonchev–Trinajstić information content (AvgIpc) is 2.75. The Morgan fingerprint density at radius 2 is 2.47 bits per heavy atom. The fourth-order valence-corrected chi connectivity index (χ4v) is 2.40. The molecule has 0 aliphatic carbocycles. The molecule has 90 valence electrons. The van der Waals surface area contributed by atoms with Crippen molar-refractivity contribution in [1.29, 1.82) is 0 Å². The van der Waals surface area contributed by atoms with Crippen molar-refractivity contribution >= 4 is 27.5 Å². The van der Waals surface area contributed by atoms with E-state index in [-0.39, 0.29) is 12.5 Å². The van der Waals surface area contributed by atoms with Crippen LogP contribution in [-0.4, -0.2) is 22.6 Å². The molecule has 5 heteroatoms. The normalized spacial score (nSPS) is 12.8. The van der Waals surface area contributed by atoms with Crippen LogP contribution in [0.4, 0.5) is 0 Å². The number of hydrogen-bond donors (Lipinski definition) is 2. The molecule has 0 spiro atoms. The van der Waals surface area contributed by atoms with Gasteiger partial charge in [0.15, 0.2) is 0 Å². The maximum absolute atomic E-state index is 10.4. The van der Waals surface area contributed by atoms with Crippen LogP contribution in [0, 0.1) is 0 Å². The molecule has 0 aliphatic rings. The molecule has 2 N–H and O–H groups in total. The lowest BCUT2D eigenvalue weighted by molar-refractivity contribution is -0.136. The van der Waals surface area contributed by atoms with E-state index in [4.69, 9.17) is 5.11 Å². The van der Waals surface area contributed by atoms with Crippen molar-refractivity contribution in [3.63, 3.8) is 0 Å². The summed E-state index contributed by atoms with van der Waals surface area (Å²) in [4.78, 5) is 14.8. The van der Waals surface area contributed by atoms with Crippen LogP contribution in [0.2, 0.25) is 0 Å². The van der Waals surface area contributed by atoms with Crippen LogP contribution in [-0.2, 0) is 4.79 Å². The third-order valence-corrected chi connectivity index (χ3v) is 3.47. The van der Waals surface area contributed by atoms with Crippen molar-refractivity contribution in [1.82, 2.24) is 10.3 Å². The van der Waals surface area contributed by atoms with E-state index in [1.165, 1.54) is 0 Å². The van der Waals surface area contributed by atoms with E-state index in [1.807, 2.05) is 24.6 Å². The Labute approximate surface area is 103 Å². The first-order chi connectivity index (χ1) is 8.16. The van der Waals surface area contributed by atoms with Gasteiger partial charge in [-0.3, -0.25) is 9.78 Å². The van der Waals surface area contributed by atoms with E-state index < -0.39 is 5.97 Å². The van der Waals surface area contributed by atoms with Crippen LogP contribution >= 0.6 is 11.3 Å². The van der Waals surface area contributed by atoms with Gasteiger partial charge in [0, 0.05) is 18.8 Å². The summed E-state index contributed by atoms with van der Waals surface area (Å²) in [6.07, 6.45) is 1.98. The molecule has 2 rings (SSSR count). The lowest BCUT2D eigenvalue weighted by atomic mass is 10.1. The van der Waals surface area contributed by atoms with Crippen molar-refractivity contribution in [2.24, 2.45) is 0 Å². The molecular formula is C12H14N2O2S. The van der Waals surface area contributed by atoms with E-state index in [1.54, 1.807) is 11.3 Å². The summed E-state index contributed by atoms with van der Waals surface area (Å²) in [5, 5.41) is 13.7. The summed E-state index contributed by atoms with van der Waals surface area (Å²) >= 11 is 1.66. The van der Waals surface area contributed by atoms with Gasteiger partial charge in [-0.15, -0.1) is 11.3 Å². The highest BCUT2D eigenvalue weighted by molar-refractivity contribution is 7.17. The third kappa shape index (κ3) is 3.01. The second-order valence-corrected chi connectivity index (χ2v) is 4.84. The van der Waals surface area contributed by atoms with Gasteiger partial charge in [0.2, 0.25) is 0 Å². The first kappa shape index (κ1) is 12.0. The Morgan fingerprint density at radius 1 is 1.65 bits per heavy atom. The zero-order chi connectivity index (χ0) is 12.3. The molecule has 0 fully saturated rings. The van der Waals surface area contributed by atoms with Crippen molar-refractivity contribution in [3.05, 3.63) is 29.3 Å². The third-order valence-electron chi connectivity index (χ3n) is 2.61. The molecule has 1 atom stereocenters. The van der Waals surface area contributed by atoms with Crippen LogP contribution in [0.1, 0.15) is 24.9 Å². The van der Waals surface area contributed by atoms with E-state index >= 15 is 0 Å². The number of nitrogens with one attached hydrogen (secondary N) is 1. The van der Waals surface area contributed by atoms with Crippen LogP contribution in [0.3, 0.4) is 0 Å². The van der Waals surface area contributed by atoms with Crippen LogP contribution in [0.5, 0.6) is 0 Å². The van der Waals surface area contributed by atoms with Gasteiger partial charge in [0.1, 0.15) is 0 Å². The molecule has 0 aliphatic heterocycles. The number of hydrogen-bond acceptors (Lipinski definition) is 4. The fourth-order valence-electron chi connectivity index (χ4n) is 1.61. The van der Waals surface area contributed by atoms with Gasteiger partial charge in [-0.25, -0.2) is 0 Å². The highest BCUT2D eigenvalue weighted by Crippen LogP contribution is 2.22. The van der Waals surface area contributed by atoms with E-state index in [9.17, 15) is 4.79 Å². The first-order valence-electron chi connectivity index (χ1n) is 5.45. The minimum Gasteiger partial charge on any atom is -0.481 e. The number of aliphatic carboxylic acids is 1. The lowest BCUT2D eigenvalue weighted by Gasteiger charge is -2.12. The average molecular weight is 250 g/mol. The molecule has 0 saturated heterocycles. The highest BCUT2D eigenvalue weighted by Gasteiger charge is 2.07. The molecule has 17 heavy (non-hydrogen) atoms. The Hall–Kier alpha value is -1.46. The Bertz CT molecular complexity index is 524. The van der Waals surface area contributed by atoms with Gasteiger partial charge in [-0.1, -0.05) is 0 Å². The molecule has 0 radical (unpaired) electrons. The van der Waals surface area contributed by atoms with Crippen molar-refractivity contribution in [2.45, 2.75) is 19.4 Å². The zero-order valence-corrected chi connectivity index (χ0v) is 10.3. The predicted molar refractivity (Wildman–Crippen MR) is 68.3 cm³/mol. The van der Waals surface area contributed by atoms with E-state index in [2.05, 4.69) is 16.4 Å². The summed E-state index contributed by atoms with van der Waals surface area (Å²) in [6, 6.07) is 4.21. The number of aromatic nitrogens is 1. The van der Waals surface area contributed by atoms with Gasteiger partial charge >= 0.3 is 5.97 Å². The largest absolute Gasteiger partial charge is 0.481 e. The number of thiophene rings is 1. The van der Waals surface area contributed by atoms with Gasteiger partial charge in [0.05, 0.1) is 16.6 Å². The predicted octanol–water partition coefficient (Wildman–Crippen LogP) is 2.42. The van der Waals surface area contributed by atoms with Crippen molar-refractivity contribution in [3.8, 4) is 0 Å². The number of carbonyl (C=O) groups is 1. The number of carboxylic acid groups (broad SMARTS) is 1. The summed E-state index contributed by atoms with van der Waals surface area (Å²) in [5.41, 5.74) is 2.10. The number of nitrogens with zero attached hydrogens (tertiary/aromatic N) is 1. The smallest absolute Gasteiger partial charge is 0.304 e. The van der Waals surface area contributed by atoms with E-state index in [0.717, 1.165) is 15.8 Å². The maximum Gasteiger partial charge on any atom is 0.304 e. The lowest BCUT2D eigenvalue weighted by Crippen LogP contribution is -2.21. The molecule has 0 aromatic carbocycles. The van der Waals surface area contributed by atoms with Crippen LogP contribution in [0.15, 0.2) is 23.7 Å². The second-order valence-electron chi connectivity index (χ2n) is 3.89. The molecule has 0 saturated carbocycles. The number of rotatable bonds is 5. The van der Waals surface area contributed by atoms with E-state index in [0.29, 0.717) is 6.54 Å². The standard InChI is InChI=1S/C12H14N2O2S/c1-8(13-4-2-12(15)16)9-6-11-10(14-7-9)3-5-17-11/h3,5-8,13H,2,4H2,1H3,(H,15,16). The van der Waals surface area contributed by atoms with Crippen LogP contribution < -0.4 is 5.32 Å². The SMILES string of the molecule is CC(NCCC(=O)O)c1cnc2ccsc2c1. The summed E-state index contributed by atoms with van der Waals surface area (Å²) in [7, 11) is 0. The molecule has 4 nitrogen and oxygen atoms in total. The Kier molecular flexibility index (Phi) is 3.71. The maximum atomic E-state index is 10.4. The van der Waals surface area contributed by atoms with Crippen molar-refractivity contribution in [2.75, 3.05) is 6.54 Å². The monoisotopic (exact) mass is 250 g/mol. The fraction of sp³-hybridized carbons (Fsp3) is 0.333. The first-order valence-corrected chi connectivity index (χ1v) is 6.33. The van der Waals surface area contributed by atoms with Crippen LogP contribution in [0.25, 0.3) is 10.2 Å². The van der Waals surface area contributed by atoms with Gasteiger partial charge in [0.25, 0.3) is 0 Å². The molecular weight excluding hydrogens is 236 g/mol.